The van der Waals surface area contributed by atoms with Crippen molar-refractivity contribution in [2.45, 2.75) is 116 Å². The van der Waals surface area contributed by atoms with Gasteiger partial charge in [-0.25, -0.2) is 4.79 Å². The van der Waals surface area contributed by atoms with Gasteiger partial charge in [0.25, 0.3) is 0 Å². The van der Waals surface area contributed by atoms with E-state index in [9.17, 15) is 24.3 Å². The molecule has 3 amide bonds. The fourth-order valence-corrected chi connectivity index (χ4v) is 4.72. The maximum absolute atomic E-state index is 13.3. The summed E-state index contributed by atoms with van der Waals surface area (Å²) in [5.41, 5.74) is 0. The molecule has 206 valence electrons. The standard InChI is InChI=1S/C28H49N3O5/c1-5-6-7-9-12-15-21-16-13-10-8-11-14-17-22(25(32)29-4)19-24(28(35)36)31-27(34)23(18-20(2)3)30-26(21)33/h11,14,20-24H,5-10,12-13,15-19H2,1-4H3,(H,29,32)(H,30,33)(H,31,34)(H,35,36)/b14-11+. The molecule has 0 saturated heterocycles. The number of hydrogen-bond acceptors (Lipinski definition) is 4. The van der Waals surface area contributed by atoms with Gasteiger partial charge in [-0.05, 0) is 50.9 Å². The fraction of sp³-hybridized carbons (Fsp3) is 0.786. The number of unbranched alkanes of at least 4 members (excludes halogenated alkanes) is 4. The molecule has 0 aromatic carbocycles. The third kappa shape index (κ3) is 12.5. The van der Waals surface area contributed by atoms with Gasteiger partial charge < -0.3 is 21.1 Å². The number of amides is 3. The lowest BCUT2D eigenvalue weighted by Crippen LogP contribution is -2.53. The Balaban J connectivity index is 3.11. The normalized spacial score (nSPS) is 25.6. The van der Waals surface area contributed by atoms with Crippen molar-refractivity contribution in [3.05, 3.63) is 12.2 Å². The van der Waals surface area contributed by atoms with Gasteiger partial charge >= 0.3 is 5.97 Å². The van der Waals surface area contributed by atoms with E-state index in [0.29, 0.717) is 12.8 Å². The zero-order valence-electron chi connectivity index (χ0n) is 22.8. The molecule has 4 atom stereocenters. The molecule has 1 aliphatic heterocycles. The maximum atomic E-state index is 13.3. The van der Waals surface area contributed by atoms with Crippen molar-refractivity contribution in [2.24, 2.45) is 17.8 Å². The summed E-state index contributed by atoms with van der Waals surface area (Å²) >= 11 is 0. The number of carbonyl (C=O) groups is 4. The maximum Gasteiger partial charge on any atom is 0.326 e. The lowest BCUT2D eigenvalue weighted by Gasteiger charge is -2.26. The first-order valence-corrected chi connectivity index (χ1v) is 13.9. The topological polar surface area (TPSA) is 125 Å². The second kappa shape index (κ2) is 18.0. The highest BCUT2D eigenvalue weighted by atomic mass is 16.4. The molecular weight excluding hydrogens is 458 g/mol. The smallest absolute Gasteiger partial charge is 0.326 e. The number of rotatable bonds is 10. The molecule has 0 saturated carbocycles. The minimum atomic E-state index is -1.22. The van der Waals surface area contributed by atoms with Gasteiger partial charge in [-0.2, -0.15) is 0 Å². The van der Waals surface area contributed by atoms with Gasteiger partial charge in [-0.15, -0.1) is 0 Å². The van der Waals surface area contributed by atoms with Crippen LogP contribution in [0.2, 0.25) is 0 Å². The van der Waals surface area contributed by atoms with E-state index in [0.717, 1.165) is 44.9 Å². The summed E-state index contributed by atoms with van der Waals surface area (Å²) < 4.78 is 0. The zero-order valence-corrected chi connectivity index (χ0v) is 22.8. The summed E-state index contributed by atoms with van der Waals surface area (Å²) in [6.45, 7) is 6.11. The van der Waals surface area contributed by atoms with Crippen LogP contribution in [0.15, 0.2) is 12.2 Å². The minimum absolute atomic E-state index is 0.0200. The predicted octanol–water partition coefficient (Wildman–Crippen LogP) is 4.34. The van der Waals surface area contributed by atoms with Gasteiger partial charge in [0.1, 0.15) is 12.1 Å². The number of allylic oxidation sites excluding steroid dienone is 2. The molecule has 36 heavy (non-hydrogen) atoms. The van der Waals surface area contributed by atoms with Gasteiger partial charge in [0, 0.05) is 18.9 Å². The monoisotopic (exact) mass is 507 g/mol. The first kappa shape index (κ1) is 31.6. The van der Waals surface area contributed by atoms with Crippen molar-refractivity contribution in [1.29, 1.82) is 0 Å². The van der Waals surface area contributed by atoms with E-state index in [-0.39, 0.29) is 30.1 Å². The fourth-order valence-electron chi connectivity index (χ4n) is 4.72. The number of hydrogen-bond donors (Lipinski definition) is 4. The molecule has 0 aromatic rings. The van der Waals surface area contributed by atoms with Crippen molar-refractivity contribution in [2.75, 3.05) is 7.05 Å². The molecule has 1 aliphatic rings. The van der Waals surface area contributed by atoms with E-state index in [1.807, 2.05) is 26.0 Å². The lowest BCUT2D eigenvalue weighted by molar-refractivity contribution is -0.143. The van der Waals surface area contributed by atoms with E-state index < -0.39 is 29.9 Å². The Morgan fingerprint density at radius 3 is 2.42 bits per heavy atom. The van der Waals surface area contributed by atoms with E-state index in [2.05, 4.69) is 22.9 Å². The quantitative estimate of drug-likeness (QED) is 0.259. The summed E-state index contributed by atoms with van der Waals surface area (Å²) in [6, 6.07) is -2.03. The number of carboxylic acids is 1. The van der Waals surface area contributed by atoms with Crippen LogP contribution in [0.3, 0.4) is 0 Å². The Morgan fingerprint density at radius 2 is 1.78 bits per heavy atom. The van der Waals surface area contributed by atoms with Gasteiger partial charge in [0.15, 0.2) is 0 Å². The van der Waals surface area contributed by atoms with E-state index in [1.165, 1.54) is 26.3 Å². The van der Waals surface area contributed by atoms with Crippen LogP contribution in [0.5, 0.6) is 0 Å². The Kier molecular flexibility index (Phi) is 15.8. The van der Waals surface area contributed by atoms with Gasteiger partial charge in [-0.3, -0.25) is 14.4 Å². The number of aliphatic carboxylic acids is 1. The molecular formula is C28H49N3O5. The first-order valence-electron chi connectivity index (χ1n) is 13.9. The average molecular weight is 508 g/mol. The number of nitrogens with one attached hydrogen (secondary N) is 3. The molecule has 1 heterocycles. The summed E-state index contributed by atoms with van der Waals surface area (Å²) in [5, 5.41) is 17.9. The van der Waals surface area contributed by atoms with Crippen molar-refractivity contribution >= 4 is 23.7 Å². The summed E-state index contributed by atoms with van der Waals surface area (Å²) in [7, 11) is 1.52. The van der Waals surface area contributed by atoms with E-state index in [1.54, 1.807) is 0 Å². The summed E-state index contributed by atoms with van der Waals surface area (Å²) in [5.74, 6) is -2.67. The van der Waals surface area contributed by atoms with E-state index in [4.69, 9.17) is 0 Å². The largest absolute Gasteiger partial charge is 0.480 e. The van der Waals surface area contributed by atoms with Crippen LogP contribution in [0.25, 0.3) is 0 Å². The van der Waals surface area contributed by atoms with Crippen LogP contribution in [-0.4, -0.2) is 47.9 Å². The second-order valence-corrected chi connectivity index (χ2v) is 10.5. The Bertz CT molecular complexity index is 722. The summed E-state index contributed by atoms with van der Waals surface area (Å²) in [4.78, 5) is 50.8. The van der Waals surface area contributed by atoms with Crippen LogP contribution in [0.4, 0.5) is 0 Å². The zero-order chi connectivity index (χ0) is 26.9. The van der Waals surface area contributed by atoms with Crippen LogP contribution < -0.4 is 16.0 Å². The Labute approximate surface area is 217 Å². The lowest BCUT2D eigenvalue weighted by atomic mass is 9.92. The van der Waals surface area contributed by atoms with Crippen LogP contribution in [-0.2, 0) is 19.2 Å². The Morgan fingerprint density at radius 1 is 1.06 bits per heavy atom. The van der Waals surface area contributed by atoms with Crippen molar-refractivity contribution < 1.29 is 24.3 Å². The molecule has 4 N–H and O–H groups in total. The molecule has 1 rings (SSSR count). The molecule has 0 radical (unpaired) electrons. The highest BCUT2D eigenvalue weighted by molar-refractivity contribution is 5.91. The highest BCUT2D eigenvalue weighted by Crippen LogP contribution is 2.21. The molecule has 0 aliphatic carbocycles. The molecule has 8 heteroatoms. The first-order chi connectivity index (χ1) is 17.2. The van der Waals surface area contributed by atoms with Crippen molar-refractivity contribution in [1.82, 2.24) is 16.0 Å². The SMILES string of the molecule is CCCCCCCC1CCCC/C=C/CC(C(=O)NC)CC(C(=O)O)NC(=O)C(CC(C)C)NC1=O. The van der Waals surface area contributed by atoms with Gasteiger partial charge in [0.2, 0.25) is 17.7 Å². The molecule has 8 nitrogen and oxygen atoms in total. The van der Waals surface area contributed by atoms with Gasteiger partial charge in [0.05, 0.1) is 0 Å². The highest BCUT2D eigenvalue weighted by Gasteiger charge is 2.32. The predicted molar refractivity (Wildman–Crippen MR) is 142 cm³/mol. The van der Waals surface area contributed by atoms with Crippen LogP contribution in [0, 0.1) is 17.8 Å². The molecule has 0 fully saturated rings. The average Bonchev–Trinajstić information content (AvgIpc) is 2.83. The van der Waals surface area contributed by atoms with Crippen molar-refractivity contribution in [3.63, 3.8) is 0 Å². The van der Waals surface area contributed by atoms with Gasteiger partial charge in [-0.1, -0.05) is 71.4 Å². The molecule has 0 spiro atoms. The van der Waals surface area contributed by atoms with Crippen LogP contribution >= 0.6 is 0 Å². The molecule has 4 unspecified atom stereocenters. The number of carbonyl (C=O) groups excluding carboxylic acids is 3. The van der Waals surface area contributed by atoms with Crippen molar-refractivity contribution in [3.8, 4) is 0 Å². The Hall–Kier alpha value is -2.38. The second-order valence-electron chi connectivity index (χ2n) is 10.5. The third-order valence-corrected chi connectivity index (χ3v) is 6.88. The third-order valence-electron chi connectivity index (χ3n) is 6.88. The number of carboxylic acid groups (broad SMARTS) is 1. The summed E-state index contributed by atoms with van der Waals surface area (Å²) in [6.07, 6.45) is 14.6. The molecule has 0 bridgehead atoms. The molecule has 0 aromatic heterocycles. The minimum Gasteiger partial charge on any atom is -0.480 e. The van der Waals surface area contributed by atoms with Crippen LogP contribution in [0.1, 0.15) is 104 Å². The van der Waals surface area contributed by atoms with E-state index >= 15 is 0 Å².